The zero-order valence-electron chi connectivity index (χ0n) is 38.7. The first-order valence-corrected chi connectivity index (χ1v) is 24.4. The number of likely N-dealkylation sites (tertiary alicyclic amines) is 2. The van der Waals surface area contributed by atoms with E-state index in [1.165, 1.54) is 14.2 Å². The van der Waals surface area contributed by atoms with E-state index < -0.39 is 24.3 Å². The Hall–Kier alpha value is -6.26. The van der Waals surface area contributed by atoms with Gasteiger partial charge in [-0.25, -0.2) is 19.6 Å². The van der Waals surface area contributed by atoms with Gasteiger partial charge in [-0.1, -0.05) is 48.5 Å². The van der Waals surface area contributed by atoms with Crippen LogP contribution in [0, 0.1) is 23.2 Å². The summed E-state index contributed by atoms with van der Waals surface area (Å²) in [5.74, 6) is 1.64. The third kappa shape index (κ3) is 8.50. The number of carbonyl (C=O) groups is 4. The van der Waals surface area contributed by atoms with Crippen LogP contribution < -0.4 is 10.6 Å². The second kappa shape index (κ2) is 18.3. The van der Waals surface area contributed by atoms with E-state index in [2.05, 4.69) is 81.3 Å². The highest BCUT2D eigenvalue weighted by molar-refractivity contribution is 5.91. The Morgan fingerprint density at radius 2 is 1.22 bits per heavy atom. The summed E-state index contributed by atoms with van der Waals surface area (Å²) >= 11 is 0. The monoisotopic (exact) mass is 924 g/mol. The maximum atomic E-state index is 14.4. The van der Waals surface area contributed by atoms with E-state index in [9.17, 15) is 19.2 Å². The summed E-state index contributed by atoms with van der Waals surface area (Å²) in [5.41, 5.74) is 6.07. The first-order valence-electron chi connectivity index (χ1n) is 24.4. The van der Waals surface area contributed by atoms with Crippen molar-refractivity contribution in [3.8, 4) is 33.6 Å². The minimum atomic E-state index is -0.685. The molecule has 6 fully saturated rings. The fourth-order valence-corrected chi connectivity index (χ4v) is 12.0. The second-order valence-corrected chi connectivity index (χ2v) is 19.9. The number of aromatic amines is 2. The molecule has 0 radical (unpaired) electrons. The summed E-state index contributed by atoms with van der Waals surface area (Å²) in [4.78, 5) is 74.5. The van der Waals surface area contributed by atoms with Gasteiger partial charge in [-0.15, -0.1) is 0 Å². The van der Waals surface area contributed by atoms with Crippen molar-refractivity contribution < 1.29 is 38.1 Å². The number of H-pyrrole nitrogens is 2. The zero-order valence-corrected chi connectivity index (χ0v) is 38.7. The van der Waals surface area contributed by atoms with Crippen LogP contribution in [0.5, 0.6) is 0 Å². The first-order chi connectivity index (χ1) is 33.2. The highest BCUT2D eigenvalue weighted by Gasteiger charge is 2.56. The van der Waals surface area contributed by atoms with Crippen LogP contribution >= 0.6 is 0 Å². The number of carbonyl (C=O) groups excluding carboxylic acids is 4. The van der Waals surface area contributed by atoms with E-state index in [1.54, 1.807) is 0 Å². The maximum absolute atomic E-state index is 14.4. The number of nitrogens with one attached hydrogen (secondary N) is 4. The number of hydrogen-bond acceptors (Lipinski definition) is 10. The SMILES string of the molecule is COC(=O)NC(C(=O)N1CC2(CC2)C[C@H]1c1ncc(-c2ccc3cc(-c4ccc(-c5cnc([C@@H]6[C@H]7CC[C@H](C7)N6C(=O)[C@@H](NC(=O)OC)C6CCOCC6)[nH]5)cc4)ccc3c2)[nH]1)C1CCOCC1. The Morgan fingerprint density at radius 3 is 1.85 bits per heavy atom. The van der Waals surface area contributed by atoms with Crippen molar-refractivity contribution in [2.75, 3.05) is 47.2 Å². The molecule has 6 heterocycles. The van der Waals surface area contributed by atoms with Crippen LogP contribution in [0.4, 0.5) is 9.59 Å². The Labute approximate surface area is 395 Å². The molecule has 1 unspecified atom stereocenters. The average Bonchev–Trinajstić information content (AvgIpc) is 4.03. The maximum Gasteiger partial charge on any atom is 0.407 e. The number of piperidine rings is 1. The number of imidazole rings is 2. The van der Waals surface area contributed by atoms with Crippen molar-refractivity contribution in [1.29, 1.82) is 0 Å². The third-order valence-corrected chi connectivity index (χ3v) is 16.0. The largest absolute Gasteiger partial charge is 0.453 e. The number of nitrogens with zero attached hydrogens (tertiary/aromatic N) is 4. The summed E-state index contributed by atoms with van der Waals surface area (Å²) in [6.07, 6.45) is 11.2. The number of hydrogen-bond donors (Lipinski definition) is 4. The number of rotatable bonds is 11. The number of ether oxygens (including phenoxy) is 4. The van der Waals surface area contributed by atoms with Crippen LogP contribution in [0.3, 0.4) is 0 Å². The van der Waals surface area contributed by atoms with Crippen LogP contribution in [0.1, 0.15) is 87.9 Å². The van der Waals surface area contributed by atoms with E-state index >= 15 is 0 Å². The lowest BCUT2D eigenvalue weighted by Gasteiger charge is -2.39. The summed E-state index contributed by atoms with van der Waals surface area (Å²) in [6, 6.07) is 19.7. The fourth-order valence-electron chi connectivity index (χ4n) is 12.0. The van der Waals surface area contributed by atoms with Gasteiger partial charge in [0, 0.05) is 44.6 Å². The standard InChI is InChI=1S/C52H60N8O8/c1-65-50(63)57-43(32-13-19-67-20-14-32)48(61)59-29-52(17-18-52)26-42(59)46-53-28-41(55-46)37-10-9-35-23-34(7-8-36(35)24-37)30-3-5-31(6-4-30)40-27-54-47(56-40)45-38-11-12-39(25-38)60(45)49(62)44(58-51(64)66-2)33-15-21-68-22-16-33/h3-10,23-24,27-28,32-33,38-39,42-45H,11-22,25-26,29H2,1-2H3,(H,53,55)(H,54,56)(H,57,63)(H,58,64)/t38-,39+,42-,43?,44-,45-/m0/s1. The predicted octanol–water partition coefficient (Wildman–Crippen LogP) is 7.70. The molecule has 4 amide bonds. The highest BCUT2D eigenvalue weighted by Crippen LogP contribution is 2.58. The fraction of sp³-hybridized carbons (Fsp3) is 0.500. The number of fused-ring (bicyclic) bond motifs is 3. The Balaban J connectivity index is 0.780. The minimum absolute atomic E-state index is 0.0249. The molecule has 1 spiro atoms. The summed E-state index contributed by atoms with van der Waals surface area (Å²) in [7, 11) is 2.65. The van der Waals surface area contributed by atoms with Gasteiger partial charge in [0.2, 0.25) is 11.8 Å². The number of alkyl carbamates (subject to hydrolysis) is 2. The van der Waals surface area contributed by atoms with Crippen molar-refractivity contribution in [3.05, 3.63) is 84.7 Å². The van der Waals surface area contributed by atoms with Crippen LogP contribution in [-0.4, -0.2) is 119 Å². The topological polar surface area (TPSA) is 193 Å². The van der Waals surface area contributed by atoms with Crippen LogP contribution in [-0.2, 0) is 28.5 Å². The smallest absolute Gasteiger partial charge is 0.407 e. The van der Waals surface area contributed by atoms with Gasteiger partial charge in [0.05, 0.1) is 50.1 Å². The van der Waals surface area contributed by atoms with Gasteiger partial charge >= 0.3 is 12.2 Å². The van der Waals surface area contributed by atoms with Crippen molar-refractivity contribution in [2.24, 2.45) is 23.2 Å². The van der Waals surface area contributed by atoms with E-state index in [0.29, 0.717) is 64.6 Å². The summed E-state index contributed by atoms with van der Waals surface area (Å²) < 4.78 is 21.0. The van der Waals surface area contributed by atoms with Crippen molar-refractivity contribution in [2.45, 2.75) is 94.4 Å². The molecule has 3 aromatic carbocycles. The second-order valence-electron chi connectivity index (χ2n) is 19.9. The van der Waals surface area contributed by atoms with Crippen LogP contribution in [0.2, 0.25) is 0 Å². The van der Waals surface area contributed by atoms with E-state index in [4.69, 9.17) is 28.9 Å². The molecule has 2 aliphatic carbocycles. The molecule has 2 aromatic heterocycles. The molecule has 2 saturated carbocycles. The lowest BCUT2D eigenvalue weighted by molar-refractivity contribution is -0.140. The zero-order chi connectivity index (χ0) is 46.5. The van der Waals surface area contributed by atoms with Gasteiger partial charge in [0.15, 0.2) is 0 Å². The molecule has 16 heteroatoms. The van der Waals surface area contributed by atoms with Crippen molar-refractivity contribution in [1.82, 2.24) is 40.4 Å². The number of methoxy groups -OCH3 is 2. The normalized spacial score (nSPS) is 24.3. The molecule has 6 atom stereocenters. The average molecular weight is 925 g/mol. The van der Waals surface area contributed by atoms with Gasteiger partial charge < -0.3 is 49.3 Å². The lowest BCUT2D eigenvalue weighted by atomic mass is 9.89. The highest BCUT2D eigenvalue weighted by atomic mass is 16.5. The third-order valence-electron chi connectivity index (χ3n) is 16.0. The van der Waals surface area contributed by atoms with E-state index in [-0.39, 0.29) is 47.2 Å². The van der Waals surface area contributed by atoms with Gasteiger partial charge in [-0.2, -0.15) is 0 Å². The molecule has 16 nitrogen and oxygen atoms in total. The molecule has 4 N–H and O–H groups in total. The minimum Gasteiger partial charge on any atom is -0.453 e. The van der Waals surface area contributed by atoms with Crippen molar-refractivity contribution >= 4 is 34.8 Å². The quantitative estimate of drug-likeness (QED) is 0.102. The van der Waals surface area contributed by atoms with E-state index in [0.717, 1.165) is 94.6 Å². The molecule has 11 rings (SSSR count). The van der Waals surface area contributed by atoms with Crippen LogP contribution in [0.15, 0.2) is 73.1 Å². The first kappa shape index (κ1) is 44.3. The van der Waals surface area contributed by atoms with E-state index in [1.807, 2.05) is 22.2 Å². The molecule has 2 bridgehead atoms. The molecule has 356 valence electrons. The molecule has 4 aliphatic heterocycles. The van der Waals surface area contributed by atoms with Crippen molar-refractivity contribution in [3.63, 3.8) is 0 Å². The molecule has 6 aliphatic rings. The van der Waals surface area contributed by atoms with Gasteiger partial charge in [-0.05, 0) is 127 Å². The number of aromatic nitrogens is 4. The molecule has 68 heavy (non-hydrogen) atoms. The predicted molar refractivity (Wildman–Crippen MR) is 252 cm³/mol. The number of amides is 4. The van der Waals surface area contributed by atoms with Gasteiger partial charge in [0.25, 0.3) is 0 Å². The Morgan fingerprint density at radius 1 is 0.676 bits per heavy atom. The Bertz CT molecular complexity index is 2680. The lowest BCUT2D eigenvalue weighted by Crippen LogP contribution is -2.55. The van der Waals surface area contributed by atoms with Crippen LogP contribution in [0.25, 0.3) is 44.4 Å². The van der Waals surface area contributed by atoms with Gasteiger partial charge in [-0.3, -0.25) is 9.59 Å². The summed E-state index contributed by atoms with van der Waals surface area (Å²) in [6.45, 7) is 2.91. The molecular weight excluding hydrogens is 865 g/mol. The number of benzene rings is 3. The molecular formula is C52H60N8O8. The molecule has 5 aromatic rings. The summed E-state index contributed by atoms with van der Waals surface area (Å²) in [5, 5.41) is 7.96. The molecule has 4 saturated heterocycles. The van der Waals surface area contributed by atoms with Gasteiger partial charge in [0.1, 0.15) is 23.7 Å². The Kier molecular flexibility index (Phi) is 11.9.